The van der Waals surface area contributed by atoms with Crippen molar-refractivity contribution in [3.8, 4) is 11.5 Å². The number of rotatable bonds is 8. The quantitative estimate of drug-likeness (QED) is 0.459. The lowest BCUT2D eigenvalue weighted by Crippen LogP contribution is -2.40. The van der Waals surface area contributed by atoms with Crippen LogP contribution in [-0.4, -0.2) is 28.0 Å². The number of ether oxygens (including phenoxy) is 2. The van der Waals surface area contributed by atoms with E-state index in [2.05, 4.69) is 0 Å². The van der Waals surface area contributed by atoms with Crippen LogP contribution in [0.2, 0.25) is 5.02 Å². The van der Waals surface area contributed by atoms with Crippen molar-refractivity contribution in [3.63, 3.8) is 0 Å². The monoisotopic (exact) mass is 473 g/mol. The maximum atomic E-state index is 13.5. The summed E-state index contributed by atoms with van der Waals surface area (Å²) in [6, 6.07) is 17.9. The number of anilines is 1. The number of para-hydroxylation sites is 1. The van der Waals surface area contributed by atoms with Gasteiger partial charge in [0.2, 0.25) is 0 Å². The highest BCUT2D eigenvalue weighted by atomic mass is 35.5. The van der Waals surface area contributed by atoms with Gasteiger partial charge in [-0.05, 0) is 55.3 Å². The fourth-order valence-electron chi connectivity index (χ4n) is 3.15. The lowest BCUT2D eigenvalue weighted by Gasteiger charge is -2.23. The zero-order valence-corrected chi connectivity index (χ0v) is 19.6. The Morgan fingerprint density at radius 1 is 1.00 bits per heavy atom. The van der Waals surface area contributed by atoms with E-state index in [1.54, 1.807) is 24.3 Å². The SMILES string of the molecule is CCc1ccccc1OCC(=O)N(c1ccc(OC)c(Cl)c1)S(=O)(=O)c1ccc(C)cc1. The average Bonchev–Trinajstić information content (AvgIpc) is 2.78. The molecule has 0 radical (unpaired) electrons. The number of aryl methyl sites for hydroxylation is 2. The van der Waals surface area contributed by atoms with Crippen LogP contribution in [0, 0.1) is 6.92 Å². The number of carbonyl (C=O) groups is 1. The third-order valence-corrected chi connectivity index (χ3v) is 6.92. The van der Waals surface area contributed by atoms with Crippen LogP contribution in [0.5, 0.6) is 11.5 Å². The molecule has 0 bridgehead atoms. The molecule has 1 amide bonds. The van der Waals surface area contributed by atoms with Crippen LogP contribution in [0.3, 0.4) is 0 Å². The molecule has 3 aromatic carbocycles. The molecule has 0 saturated carbocycles. The maximum Gasteiger partial charge on any atom is 0.278 e. The van der Waals surface area contributed by atoms with Gasteiger partial charge in [0.25, 0.3) is 15.9 Å². The van der Waals surface area contributed by atoms with Crippen LogP contribution in [-0.2, 0) is 21.2 Å². The second-order valence-electron chi connectivity index (χ2n) is 7.05. The fraction of sp³-hybridized carbons (Fsp3) is 0.208. The lowest BCUT2D eigenvalue weighted by molar-refractivity contribution is -0.119. The third kappa shape index (κ3) is 5.06. The van der Waals surface area contributed by atoms with Crippen molar-refractivity contribution in [1.29, 1.82) is 0 Å². The second kappa shape index (κ2) is 10.1. The van der Waals surface area contributed by atoms with Crippen LogP contribution in [0.15, 0.2) is 71.6 Å². The lowest BCUT2D eigenvalue weighted by atomic mass is 10.1. The van der Waals surface area contributed by atoms with Crippen LogP contribution in [0.1, 0.15) is 18.1 Å². The molecular weight excluding hydrogens is 450 g/mol. The van der Waals surface area contributed by atoms with Crippen LogP contribution in [0.25, 0.3) is 0 Å². The van der Waals surface area contributed by atoms with Crippen molar-refractivity contribution in [2.45, 2.75) is 25.2 Å². The molecule has 0 spiro atoms. The molecule has 0 aromatic heterocycles. The summed E-state index contributed by atoms with van der Waals surface area (Å²) in [5.74, 6) is 0.144. The standard InChI is InChI=1S/C24H24ClNO5S/c1-4-18-7-5-6-8-22(18)31-16-24(27)26(19-11-14-23(30-3)21(25)15-19)32(28,29)20-12-9-17(2)10-13-20/h5-15H,4,16H2,1-3H3. The summed E-state index contributed by atoms with van der Waals surface area (Å²) in [6.07, 6.45) is 0.712. The van der Waals surface area contributed by atoms with Crippen molar-refractivity contribution >= 4 is 33.2 Å². The van der Waals surface area contributed by atoms with E-state index in [1.165, 1.54) is 37.4 Å². The summed E-state index contributed by atoms with van der Waals surface area (Å²) in [6.45, 7) is 3.35. The largest absolute Gasteiger partial charge is 0.495 e. The van der Waals surface area contributed by atoms with Crippen LogP contribution < -0.4 is 13.8 Å². The van der Waals surface area contributed by atoms with Gasteiger partial charge >= 0.3 is 0 Å². The molecule has 0 heterocycles. The van der Waals surface area contributed by atoms with E-state index in [1.807, 2.05) is 26.0 Å². The summed E-state index contributed by atoms with van der Waals surface area (Å²) in [4.78, 5) is 13.2. The molecule has 0 N–H and O–H groups in total. The topological polar surface area (TPSA) is 72.9 Å². The molecule has 0 aliphatic carbocycles. The van der Waals surface area contributed by atoms with Gasteiger partial charge in [0, 0.05) is 0 Å². The molecule has 168 valence electrons. The first-order valence-electron chi connectivity index (χ1n) is 9.97. The molecule has 3 rings (SSSR count). The molecule has 0 aliphatic rings. The summed E-state index contributed by atoms with van der Waals surface area (Å²) in [5, 5.41) is 0.180. The van der Waals surface area contributed by atoms with Crippen molar-refractivity contribution in [1.82, 2.24) is 0 Å². The van der Waals surface area contributed by atoms with E-state index in [4.69, 9.17) is 21.1 Å². The van der Waals surface area contributed by atoms with Crippen molar-refractivity contribution < 1.29 is 22.7 Å². The van der Waals surface area contributed by atoms with Gasteiger partial charge in [0.15, 0.2) is 6.61 Å². The van der Waals surface area contributed by atoms with Gasteiger partial charge in [-0.3, -0.25) is 4.79 Å². The Hall–Kier alpha value is -3.03. The zero-order valence-electron chi connectivity index (χ0n) is 18.0. The Kier molecular flexibility index (Phi) is 7.43. The summed E-state index contributed by atoms with van der Waals surface area (Å²) >= 11 is 6.22. The van der Waals surface area contributed by atoms with Crippen molar-refractivity contribution in [2.75, 3.05) is 18.0 Å². The van der Waals surface area contributed by atoms with E-state index in [9.17, 15) is 13.2 Å². The summed E-state index contributed by atoms with van der Waals surface area (Å²) in [5.41, 5.74) is 1.91. The number of methoxy groups -OCH3 is 1. The first-order chi connectivity index (χ1) is 15.3. The molecule has 0 fully saturated rings. The van der Waals surface area contributed by atoms with Gasteiger partial charge in [-0.15, -0.1) is 0 Å². The van der Waals surface area contributed by atoms with Gasteiger partial charge in [0.1, 0.15) is 11.5 Å². The molecule has 8 heteroatoms. The Morgan fingerprint density at radius 3 is 2.31 bits per heavy atom. The number of halogens is 1. The molecule has 32 heavy (non-hydrogen) atoms. The van der Waals surface area contributed by atoms with Gasteiger partial charge in [0.05, 0.1) is 22.7 Å². The number of hydrogen-bond acceptors (Lipinski definition) is 5. The molecule has 3 aromatic rings. The average molecular weight is 474 g/mol. The van der Waals surface area contributed by atoms with Gasteiger partial charge < -0.3 is 9.47 Å². The van der Waals surface area contributed by atoms with Gasteiger partial charge in [-0.25, -0.2) is 8.42 Å². The normalized spacial score (nSPS) is 11.1. The molecule has 0 atom stereocenters. The number of carbonyl (C=O) groups excluding carboxylic acids is 1. The van der Waals surface area contributed by atoms with E-state index in [-0.39, 0.29) is 15.6 Å². The van der Waals surface area contributed by atoms with Gasteiger partial charge in [-0.1, -0.05) is 54.4 Å². The molecule has 6 nitrogen and oxygen atoms in total. The fourth-order valence-corrected chi connectivity index (χ4v) is 4.80. The summed E-state index contributed by atoms with van der Waals surface area (Å²) in [7, 11) is -2.77. The molecular formula is C24H24ClNO5S. The number of amides is 1. The highest BCUT2D eigenvalue weighted by molar-refractivity contribution is 7.93. The maximum absolute atomic E-state index is 13.5. The van der Waals surface area contributed by atoms with Crippen LogP contribution >= 0.6 is 11.6 Å². The second-order valence-corrected chi connectivity index (χ2v) is 9.24. The number of sulfonamides is 1. The minimum Gasteiger partial charge on any atom is -0.495 e. The highest BCUT2D eigenvalue weighted by Crippen LogP contribution is 2.32. The molecule has 0 unspecified atom stereocenters. The number of nitrogens with zero attached hydrogens (tertiary/aromatic N) is 1. The Bertz CT molecular complexity index is 1210. The van der Waals surface area contributed by atoms with E-state index in [0.717, 1.165) is 15.4 Å². The minimum absolute atomic E-state index is 0.0163. The molecule has 0 aliphatic heterocycles. The van der Waals surface area contributed by atoms with Crippen LogP contribution in [0.4, 0.5) is 5.69 Å². The Labute approximate surface area is 193 Å². The van der Waals surface area contributed by atoms with Crippen molar-refractivity contribution in [2.24, 2.45) is 0 Å². The van der Waals surface area contributed by atoms with E-state index >= 15 is 0 Å². The predicted molar refractivity (Wildman–Crippen MR) is 125 cm³/mol. The Balaban J connectivity index is 2.00. The first kappa shape index (κ1) is 23.6. The van der Waals surface area contributed by atoms with Gasteiger partial charge in [-0.2, -0.15) is 4.31 Å². The zero-order chi connectivity index (χ0) is 23.3. The number of hydrogen-bond donors (Lipinski definition) is 0. The molecule has 0 saturated heterocycles. The first-order valence-corrected chi connectivity index (χ1v) is 11.8. The smallest absolute Gasteiger partial charge is 0.278 e. The van der Waals surface area contributed by atoms with E-state index < -0.39 is 22.5 Å². The van der Waals surface area contributed by atoms with Crippen molar-refractivity contribution in [3.05, 3.63) is 82.9 Å². The third-order valence-electron chi connectivity index (χ3n) is 4.86. The van der Waals surface area contributed by atoms with E-state index in [0.29, 0.717) is 17.9 Å². The summed E-state index contributed by atoms with van der Waals surface area (Å²) < 4.78 is 38.5. The number of benzene rings is 3. The predicted octanol–water partition coefficient (Wildman–Crippen LogP) is 5.02. The minimum atomic E-state index is -4.22. The highest BCUT2D eigenvalue weighted by Gasteiger charge is 2.32. The Morgan fingerprint density at radius 2 is 1.69 bits per heavy atom.